The maximum atomic E-state index is 13.0. The fourth-order valence-corrected chi connectivity index (χ4v) is 5.59. The number of rotatable bonds is 8. The molecule has 1 saturated carbocycles. The highest BCUT2D eigenvalue weighted by Gasteiger charge is 2.30. The van der Waals surface area contributed by atoms with E-state index in [0.717, 1.165) is 51.6 Å². The van der Waals surface area contributed by atoms with Gasteiger partial charge in [-0.1, -0.05) is 12.8 Å². The zero-order valence-corrected chi connectivity index (χ0v) is 19.2. The molecular weight excluding hydrogens is 388 g/mol. The maximum absolute atomic E-state index is 13.0. The molecule has 31 heavy (non-hydrogen) atoms. The number of aromatic nitrogens is 1. The molecule has 2 aliphatic heterocycles. The van der Waals surface area contributed by atoms with Crippen LogP contribution < -0.4 is 10.2 Å². The summed E-state index contributed by atoms with van der Waals surface area (Å²) >= 11 is 0. The van der Waals surface area contributed by atoms with Gasteiger partial charge in [0.15, 0.2) is 0 Å². The molecule has 1 aliphatic carbocycles. The average molecular weight is 429 g/mol. The van der Waals surface area contributed by atoms with Crippen LogP contribution in [0.3, 0.4) is 0 Å². The summed E-state index contributed by atoms with van der Waals surface area (Å²) in [5, 5.41) is 3.37. The van der Waals surface area contributed by atoms with E-state index in [-0.39, 0.29) is 11.9 Å². The number of ether oxygens (including phenoxy) is 1. The molecule has 1 amide bonds. The highest BCUT2D eigenvalue weighted by atomic mass is 16.5. The van der Waals surface area contributed by atoms with Crippen LogP contribution in [0.5, 0.6) is 0 Å². The molecule has 3 heterocycles. The number of likely N-dealkylation sites (tertiary alicyclic amines) is 1. The Morgan fingerprint density at radius 1 is 1.10 bits per heavy atom. The number of anilines is 1. The average Bonchev–Trinajstić information content (AvgIpc) is 3.34. The van der Waals surface area contributed by atoms with Crippen molar-refractivity contribution < 1.29 is 9.53 Å². The molecule has 3 fully saturated rings. The first-order valence-electron chi connectivity index (χ1n) is 12.5. The molecule has 0 bridgehead atoms. The highest BCUT2D eigenvalue weighted by Crippen LogP contribution is 2.28. The second-order valence-electron chi connectivity index (χ2n) is 9.65. The van der Waals surface area contributed by atoms with Gasteiger partial charge in [0, 0.05) is 45.0 Å². The number of amides is 1. The van der Waals surface area contributed by atoms with E-state index >= 15 is 0 Å². The van der Waals surface area contributed by atoms with Gasteiger partial charge in [-0.3, -0.25) is 4.79 Å². The topological polar surface area (TPSA) is 57.7 Å². The van der Waals surface area contributed by atoms with Crippen LogP contribution >= 0.6 is 0 Å². The van der Waals surface area contributed by atoms with Crippen molar-refractivity contribution in [3.63, 3.8) is 0 Å². The third kappa shape index (κ3) is 6.19. The minimum Gasteiger partial charge on any atom is -0.381 e. The molecular formula is C25H40N4O2. The Hall–Kier alpha value is -1.66. The lowest BCUT2D eigenvalue weighted by molar-refractivity contribution is 0.0548. The predicted octanol–water partition coefficient (Wildman–Crippen LogP) is 3.72. The van der Waals surface area contributed by atoms with E-state index in [1.54, 1.807) is 6.20 Å². The van der Waals surface area contributed by atoms with E-state index in [2.05, 4.69) is 27.0 Å². The summed E-state index contributed by atoms with van der Waals surface area (Å²) in [6.45, 7) is 9.33. The molecule has 3 atom stereocenters. The maximum Gasteiger partial charge on any atom is 0.253 e. The largest absolute Gasteiger partial charge is 0.381 e. The van der Waals surface area contributed by atoms with Crippen molar-refractivity contribution >= 4 is 11.7 Å². The Kier molecular flexibility index (Phi) is 8.20. The van der Waals surface area contributed by atoms with Crippen LogP contribution in [0.4, 0.5) is 5.82 Å². The van der Waals surface area contributed by atoms with Gasteiger partial charge in [0.2, 0.25) is 0 Å². The fourth-order valence-electron chi connectivity index (χ4n) is 5.59. The summed E-state index contributed by atoms with van der Waals surface area (Å²) in [5.74, 6) is 2.23. The van der Waals surface area contributed by atoms with Crippen LogP contribution in [0.2, 0.25) is 0 Å². The number of piperidine rings is 1. The first-order valence-corrected chi connectivity index (χ1v) is 12.5. The Labute approximate surface area is 187 Å². The minimum atomic E-state index is 0.0326. The summed E-state index contributed by atoms with van der Waals surface area (Å²) in [7, 11) is 0. The lowest BCUT2D eigenvalue weighted by atomic mass is 9.83. The van der Waals surface area contributed by atoms with Crippen LogP contribution in [0, 0.1) is 11.8 Å². The molecule has 3 aliphatic rings. The molecule has 172 valence electrons. The molecule has 0 spiro atoms. The third-order valence-corrected chi connectivity index (χ3v) is 7.32. The Balaban J connectivity index is 1.31. The number of nitrogens with zero attached hydrogens (tertiary/aromatic N) is 3. The molecule has 0 aromatic carbocycles. The van der Waals surface area contributed by atoms with Gasteiger partial charge in [0.1, 0.15) is 5.82 Å². The predicted molar refractivity (Wildman–Crippen MR) is 125 cm³/mol. The van der Waals surface area contributed by atoms with Gasteiger partial charge in [0.25, 0.3) is 5.91 Å². The Morgan fingerprint density at radius 3 is 2.71 bits per heavy atom. The van der Waals surface area contributed by atoms with Gasteiger partial charge in [-0.05, 0) is 76.0 Å². The fraction of sp³-hybridized carbons (Fsp3) is 0.760. The van der Waals surface area contributed by atoms with E-state index in [1.165, 1.54) is 51.5 Å². The summed E-state index contributed by atoms with van der Waals surface area (Å²) in [6, 6.07) is 4.22. The van der Waals surface area contributed by atoms with Crippen molar-refractivity contribution in [1.29, 1.82) is 0 Å². The first-order chi connectivity index (χ1) is 15.2. The Morgan fingerprint density at radius 2 is 1.94 bits per heavy atom. The summed E-state index contributed by atoms with van der Waals surface area (Å²) in [6.07, 6.45) is 11.5. The lowest BCUT2D eigenvalue weighted by Gasteiger charge is -2.39. The van der Waals surface area contributed by atoms with Crippen molar-refractivity contribution in [3.05, 3.63) is 23.9 Å². The van der Waals surface area contributed by atoms with Gasteiger partial charge in [-0.15, -0.1) is 0 Å². The molecule has 2 saturated heterocycles. The van der Waals surface area contributed by atoms with Crippen molar-refractivity contribution in [3.8, 4) is 0 Å². The van der Waals surface area contributed by atoms with Crippen LogP contribution in [-0.2, 0) is 4.74 Å². The number of pyridine rings is 1. The normalized spacial score (nSPS) is 27.4. The van der Waals surface area contributed by atoms with E-state index in [1.807, 2.05) is 12.1 Å². The van der Waals surface area contributed by atoms with Gasteiger partial charge in [-0.2, -0.15) is 0 Å². The standard InChI is InChI=1S/C25H40N4O2/c1-2-31-19-20-8-7-13-28(17-20)18-22-9-3-4-10-23(22)27-25(30)21-11-12-24(26-16-21)29-14-5-6-15-29/h11-12,16,20,22-23H,2-10,13-15,17-19H2,1H3,(H,27,30)/t20-,22-,23+/m1/s1. The summed E-state index contributed by atoms with van der Waals surface area (Å²) in [4.78, 5) is 22.4. The smallest absolute Gasteiger partial charge is 0.253 e. The lowest BCUT2D eigenvalue weighted by Crippen LogP contribution is -2.48. The number of nitrogens with one attached hydrogen (secondary N) is 1. The highest BCUT2D eigenvalue weighted by molar-refractivity contribution is 5.94. The van der Waals surface area contributed by atoms with Crippen molar-refractivity contribution in [1.82, 2.24) is 15.2 Å². The quantitative estimate of drug-likeness (QED) is 0.684. The molecule has 1 aromatic rings. The van der Waals surface area contributed by atoms with Gasteiger partial charge < -0.3 is 19.9 Å². The summed E-state index contributed by atoms with van der Waals surface area (Å²) in [5.41, 5.74) is 0.682. The van der Waals surface area contributed by atoms with Gasteiger partial charge in [0.05, 0.1) is 12.2 Å². The monoisotopic (exact) mass is 428 g/mol. The van der Waals surface area contributed by atoms with E-state index in [0.29, 0.717) is 17.4 Å². The second-order valence-corrected chi connectivity index (χ2v) is 9.65. The van der Waals surface area contributed by atoms with Crippen molar-refractivity contribution in [2.24, 2.45) is 11.8 Å². The minimum absolute atomic E-state index is 0.0326. The molecule has 6 nitrogen and oxygen atoms in total. The number of carbonyl (C=O) groups excluding carboxylic acids is 1. The third-order valence-electron chi connectivity index (χ3n) is 7.32. The number of carbonyl (C=O) groups is 1. The van der Waals surface area contributed by atoms with Crippen molar-refractivity contribution in [2.75, 3.05) is 50.8 Å². The van der Waals surface area contributed by atoms with E-state index in [4.69, 9.17) is 4.74 Å². The van der Waals surface area contributed by atoms with Crippen LogP contribution in [0.1, 0.15) is 68.6 Å². The summed E-state index contributed by atoms with van der Waals surface area (Å²) < 4.78 is 5.68. The number of hydrogen-bond donors (Lipinski definition) is 1. The van der Waals surface area contributed by atoms with Crippen LogP contribution in [-0.4, -0.2) is 67.8 Å². The van der Waals surface area contributed by atoms with Gasteiger partial charge in [-0.25, -0.2) is 4.98 Å². The Bertz CT molecular complexity index is 689. The SMILES string of the molecule is CCOC[C@@H]1CCCN(C[C@H]2CCCC[C@@H]2NC(=O)c2ccc(N3CCCC3)nc2)C1. The molecule has 0 unspecified atom stereocenters. The second kappa shape index (κ2) is 11.3. The molecule has 4 rings (SSSR count). The molecule has 1 aromatic heterocycles. The number of hydrogen-bond acceptors (Lipinski definition) is 5. The van der Waals surface area contributed by atoms with Gasteiger partial charge >= 0.3 is 0 Å². The van der Waals surface area contributed by atoms with E-state index in [9.17, 15) is 4.79 Å². The molecule has 6 heteroatoms. The first kappa shape index (κ1) is 22.5. The zero-order valence-electron chi connectivity index (χ0n) is 19.2. The van der Waals surface area contributed by atoms with Crippen molar-refractivity contribution in [2.45, 2.75) is 64.3 Å². The zero-order chi connectivity index (χ0) is 21.5. The van der Waals surface area contributed by atoms with Crippen LogP contribution in [0.15, 0.2) is 18.3 Å². The van der Waals surface area contributed by atoms with Crippen LogP contribution in [0.25, 0.3) is 0 Å². The molecule has 0 radical (unpaired) electrons. The molecule has 1 N–H and O–H groups in total. The van der Waals surface area contributed by atoms with E-state index < -0.39 is 0 Å².